The molecule has 20 heavy (non-hydrogen) atoms. The van der Waals surface area contributed by atoms with Gasteiger partial charge in [0.2, 0.25) is 0 Å². The van der Waals surface area contributed by atoms with Gasteiger partial charge in [-0.15, -0.1) is 0 Å². The molecule has 0 spiro atoms. The number of benzene rings is 1. The summed E-state index contributed by atoms with van der Waals surface area (Å²) in [4.78, 5) is 0. The molecule has 0 amide bonds. The highest BCUT2D eigenvalue weighted by molar-refractivity contribution is 5.19. The van der Waals surface area contributed by atoms with Gasteiger partial charge in [-0.1, -0.05) is 65.0 Å². The van der Waals surface area contributed by atoms with Crippen LogP contribution in [-0.2, 0) is 0 Å². The van der Waals surface area contributed by atoms with Crippen molar-refractivity contribution in [3.05, 3.63) is 35.9 Å². The standard InChI is InChI=1S/C19H31N/c1-14(2)18(16-9-7-6-8-10-16)20-17-11-15(3)12-19(4,5)13-17/h6-10,14-15,17-18,20H,11-13H2,1-5H3. The maximum atomic E-state index is 3.96. The molecule has 0 saturated heterocycles. The van der Waals surface area contributed by atoms with Crippen LogP contribution in [0.4, 0.5) is 0 Å². The Bertz CT molecular complexity index is 407. The van der Waals surface area contributed by atoms with Crippen LogP contribution in [-0.4, -0.2) is 6.04 Å². The molecule has 1 nitrogen and oxygen atoms in total. The topological polar surface area (TPSA) is 12.0 Å². The smallest absolute Gasteiger partial charge is 0.0345 e. The molecule has 112 valence electrons. The summed E-state index contributed by atoms with van der Waals surface area (Å²) in [6.07, 6.45) is 3.98. The summed E-state index contributed by atoms with van der Waals surface area (Å²) in [6.45, 7) is 11.9. The number of nitrogens with one attached hydrogen (secondary N) is 1. The third-order valence-electron chi connectivity index (χ3n) is 4.63. The van der Waals surface area contributed by atoms with Crippen molar-refractivity contribution >= 4 is 0 Å². The van der Waals surface area contributed by atoms with Crippen molar-refractivity contribution in [2.45, 2.75) is 66.0 Å². The van der Waals surface area contributed by atoms with Crippen molar-refractivity contribution < 1.29 is 0 Å². The molecule has 3 atom stereocenters. The SMILES string of the molecule is CC1CC(NC(c2ccccc2)C(C)C)CC(C)(C)C1. The first-order valence-electron chi connectivity index (χ1n) is 8.18. The lowest BCUT2D eigenvalue weighted by Gasteiger charge is -2.41. The molecule has 1 aromatic carbocycles. The first-order valence-corrected chi connectivity index (χ1v) is 8.18. The molecular formula is C19H31N. The summed E-state index contributed by atoms with van der Waals surface area (Å²) in [5, 5.41) is 3.96. The first-order chi connectivity index (χ1) is 9.37. The predicted octanol–water partition coefficient (Wildman–Crippen LogP) is 5.19. The van der Waals surface area contributed by atoms with Gasteiger partial charge in [0.15, 0.2) is 0 Å². The summed E-state index contributed by atoms with van der Waals surface area (Å²) in [6, 6.07) is 12.1. The second-order valence-electron chi connectivity index (χ2n) is 7.91. The maximum absolute atomic E-state index is 3.96. The average Bonchev–Trinajstić information content (AvgIpc) is 2.34. The van der Waals surface area contributed by atoms with Crippen LogP contribution in [0.15, 0.2) is 30.3 Å². The van der Waals surface area contributed by atoms with Crippen molar-refractivity contribution in [2.24, 2.45) is 17.3 Å². The number of hydrogen-bond acceptors (Lipinski definition) is 1. The van der Waals surface area contributed by atoms with E-state index in [9.17, 15) is 0 Å². The lowest BCUT2D eigenvalue weighted by molar-refractivity contribution is 0.138. The Hall–Kier alpha value is -0.820. The molecular weight excluding hydrogens is 242 g/mol. The van der Waals surface area contributed by atoms with E-state index in [-0.39, 0.29) is 0 Å². The van der Waals surface area contributed by atoms with Crippen molar-refractivity contribution in [3.8, 4) is 0 Å². The van der Waals surface area contributed by atoms with Crippen LogP contribution in [0.5, 0.6) is 0 Å². The molecule has 0 radical (unpaired) electrons. The second-order valence-corrected chi connectivity index (χ2v) is 7.91. The van der Waals surface area contributed by atoms with Crippen LogP contribution < -0.4 is 5.32 Å². The van der Waals surface area contributed by atoms with Crippen molar-refractivity contribution in [2.75, 3.05) is 0 Å². The highest BCUT2D eigenvalue weighted by Crippen LogP contribution is 2.39. The van der Waals surface area contributed by atoms with Gasteiger partial charge in [0.05, 0.1) is 0 Å². The molecule has 0 heterocycles. The van der Waals surface area contributed by atoms with E-state index in [0.717, 1.165) is 5.92 Å². The summed E-state index contributed by atoms with van der Waals surface area (Å²) >= 11 is 0. The zero-order valence-corrected chi connectivity index (χ0v) is 13.8. The van der Waals surface area contributed by atoms with E-state index >= 15 is 0 Å². The van der Waals surface area contributed by atoms with Gasteiger partial charge in [0, 0.05) is 12.1 Å². The number of hydrogen-bond donors (Lipinski definition) is 1. The first kappa shape index (κ1) is 15.6. The van der Waals surface area contributed by atoms with Gasteiger partial charge in [-0.2, -0.15) is 0 Å². The third kappa shape index (κ3) is 4.09. The molecule has 0 bridgehead atoms. The van der Waals surface area contributed by atoms with E-state index in [1.165, 1.54) is 24.8 Å². The molecule has 0 aliphatic heterocycles. The Morgan fingerprint density at radius 1 is 1.10 bits per heavy atom. The minimum Gasteiger partial charge on any atom is -0.307 e. The van der Waals surface area contributed by atoms with E-state index < -0.39 is 0 Å². The van der Waals surface area contributed by atoms with E-state index in [4.69, 9.17) is 0 Å². The van der Waals surface area contributed by atoms with E-state index in [1.807, 2.05) is 0 Å². The van der Waals surface area contributed by atoms with Crippen LogP contribution >= 0.6 is 0 Å². The van der Waals surface area contributed by atoms with Gasteiger partial charge < -0.3 is 5.32 Å². The third-order valence-corrected chi connectivity index (χ3v) is 4.63. The highest BCUT2D eigenvalue weighted by Gasteiger charge is 2.33. The Morgan fingerprint density at radius 3 is 2.30 bits per heavy atom. The minimum atomic E-state index is 0.474. The summed E-state index contributed by atoms with van der Waals surface area (Å²) < 4.78 is 0. The van der Waals surface area contributed by atoms with Gasteiger partial charge in [0.1, 0.15) is 0 Å². The fourth-order valence-electron chi connectivity index (χ4n) is 4.06. The molecule has 0 aromatic heterocycles. The molecule has 1 heteroatoms. The van der Waals surface area contributed by atoms with Crippen LogP contribution in [0.25, 0.3) is 0 Å². The van der Waals surface area contributed by atoms with E-state index in [0.29, 0.717) is 23.4 Å². The molecule has 1 aliphatic rings. The Balaban J connectivity index is 2.09. The molecule has 2 rings (SSSR count). The monoisotopic (exact) mass is 273 g/mol. The van der Waals surface area contributed by atoms with E-state index in [2.05, 4.69) is 70.3 Å². The van der Waals surface area contributed by atoms with Crippen molar-refractivity contribution in [3.63, 3.8) is 0 Å². The van der Waals surface area contributed by atoms with Crippen LogP contribution in [0.1, 0.15) is 65.5 Å². The highest BCUT2D eigenvalue weighted by atomic mass is 15.0. The quantitative estimate of drug-likeness (QED) is 0.796. The fraction of sp³-hybridized carbons (Fsp3) is 0.684. The summed E-state index contributed by atoms with van der Waals surface area (Å²) in [7, 11) is 0. The zero-order valence-electron chi connectivity index (χ0n) is 13.8. The molecule has 1 aromatic rings. The van der Waals surface area contributed by atoms with Crippen LogP contribution in [0.3, 0.4) is 0 Å². The summed E-state index contributed by atoms with van der Waals surface area (Å²) in [5.41, 5.74) is 1.91. The van der Waals surface area contributed by atoms with Crippen molar-refractivity contribution in [1.82, 2.24) is 5.32 Å². The van der Waals surface area contributed by atoms with Gasteiger partial charge in [-0.25, -0.2) is 0 Å². The molecule has 1 fully saturated rings. The summed E-state index contributed by atoms with van der Waals surface area (Å²) in [5.74, 6) is 1.46. The molecule has 1 aliphatic carbocycles. The van der Waals surface area contributed by atoms with Crippen molar-refractivity contribution in [1.29, 1.82) is 0 Å². The van der Waals surface area contributed by atoms with E-state index in [1.54, 1.807) is 0 Å². The van der Waals surface area contributed by atoms with Gasteiger partial charge in [0.25, 0.3) is 0 Å². The predicted molar refractivity (Wildman–Crippen MR) is 87.7 cm³/mol. The fourth-order valence-corrected chi connectivity index (χ4v) is 4.06. The molecule has 1 N–H and O–H groups in total. The average molecular weight is 273 g/mol. The Morgan fingerprint density at radius 2 is 1.75 bits per heavy atom. The second kappa shape index (κ2) is 6.30. The van der Waals surface area contributed by atoms with Gasteiger partial charge in [-0.3, -0.25) is 0 Å². The largest absolute Gasteiger partial charge is 0.307 e. The normalized spacial score (nSPS) is 27.5. The number of rotatable bonds is 4. The molecule has 3 unspecified atom stereocenters. The Kier molecular flexibility index (Phi) is 4.90. The Labute approximate surface area is 125 Å². The lowest BCUT2D eigenvalue weighted by atomic mass is 9.70. The lowest BCUT2D eigenvalue weighted by Crippen LogP contribution is -2.43. The molecule has 1 saturated carbocycles. The zero-order chi connectivity index (χ0) is 14.8. The maximum Gasteiger partial charge on any atom is 0.0345 e. The van der Waals surface area contributed by atoms with Crippen LogP contribution in [0, 0.1) is 17.3 Å². The van der Waals surface area contributed by atoms with Crippen LogP contribution in [0.2, 0.25) is 0 Å². The van der Waals surface area contributed by atoms with Gasteiger partial charge >= 0.3 is 0 Å². The van der Waals surface area contributed by atoms with Gasteiger partial charge in [-0.05, 0) is 42.1 Å². The minimum absolute atomic E-state index is 0.474.